The zero-order chi connectivity index (χ0) is 20.3. The van der Waals surface area contributed by atoms with Gasteiger partial charge in [-0.05, 0) is 74.1 Å². The number of methoxy groups -OCH3 is 1. The standard InChI is InChI=1S/C29H22O/c1-30-28-16-14-24(15-17-28)29(27-13-12-23-7-3-5-9-26(23)20-27)19-21-10-11-22-6-2-4-8-25(22)18-21/h2-20H,1H3/b29-19-. The van der Waals surface area contributed by atoms with Gasteiger partial charge in [-0.3, -0.25) is 0 Å². The summed E-state index contributed by atoms with van der Waals surface area (Å²) < 4.78 is 5.36. The van der Waals surface area contributed by atoms with Crippen LogP contribution in [-0.2, 0) is 0 Å². The van der Waals surface area contributed by atoms with Crippen LogP contribution in [-0.4, -0.2) is 7.11 Å². The molecule has 0 aliphatic heterocycles. The summed E-state index contributed by atoms with van der Waals surface area (Å²) in [4.78, 5) is 0. The minimum atomic E-state index is 0.863. The van der Waals surface area contributed by atoms with Crippen LogP contribution in [0.4, 0.5) is 0 Å². The Hall–Kier alpha value is -3.84. The Balaban J connectivity index is 1.68. The molecule has 0 aliphatic rings. The maximum atomic E-state index is 5.36. The van der Waals surface area contributed by atoms with E-state index in [9.17, 15) is 0 Å². The van der Waals surface area contributed by atoms with Crippen LogP contribution in [0.25, 0.3) is 33.2 Å². The number of fused-ring (bicyclic) bond motifs is 2. The molecule has 0 aromatic heterocycles. The second kappa shape index (κ2) is 7.88. The Bertz CT molecular complexity index is 1360. The largest absolute Gasteiger partial charge is 0.497 e. The fourth-order valence-electron chi connectivity index (χ4n) is 3.93. The van der Waals surface area contributed by atoms with Crippen LogP contribution in [0.5, 0.6) is 5.75 Å². The van der Waals surface area contributed by atoms with Crippen molar-refractivity contribution in [2.24, 2.45) is 0 Å². The van der Waals surface area contributed by atoms with Crippen molar-refractivity contribution in [3.05, 3.63) is 126 Å². The van der Waals surface area contributed by atoms with Gasteiger partial charge in [0, 0.05) is 0 Å². The van der Waals surface area contributed by atoms with Gasteiger partial charge in [-0.15, -0.1) is 0 Å². The van der Waals surface area contributed by atoms with Crippen LogP contribution in [0.2, 0.25) is 0 Å². The molecule has 0 bridgehead atoms. The average molecular weight is 386 g/mol. The van der Waals surface area contributed by atoms with E-state index < -0.39 is 0 Å². The van der Waals surface area contributed by atoms with Gasteiger partial charge in [0.2, 0.25) is 0 Å². The summed E-state index contributed by atoms with van der Waals surface area (Å²) in [5.74, 6) is 0.863. The Morgan fingerprint density at radius 1 is 0.567 bits per heavy atom. The Morgan fingerprint density at radius 2 is 1.13 bits per heavy atom. The minimum absolute atomic E-state index is 0.863. The number of benzene rings is 5. The maximum Gasteiger partial charge on any atom is 0.118 e. The molecule has 0 unspecified atom stereocenters. The van der Waals surface area contributed by atoms with E-state index >= 15 is 0 Å². The van der Waals surface area contributed by atoms with Crippen molar-refractivity contribution in [1.82, 2.24) is 0 Å². The van der Waals surface area contributed by atoms with Crippen molar-refractivity contribution in [3.63, 3.8) is 0 Å². The number of ether oxygens (including phenoxy) is 1. The van der Waals surface area contributed by atoms with E-state index in [1.54, 1.807) is 7.11 Å². The topological polar surface area (TPSA) is 9.23 Å². The number of rotatable bonds is 4. The molecule has 0 aliphatic carbocycles. The molecule has 5 aromatic carbocycles. The molecule has 0 radical (unpaired) electrons. The molecule has 0 saturated carbocycles. The summed E-state index contributed by atoms with van der Waals surface area (Å²) >= 11 is 0. The van der Waals surface area contributed by atoms with E-state index in [0.29, 0.717) is 0 Å². The highest BCUT2D eigenvalue weighted by atomic mass is 16.5. The van der Waals surface area contributed by atoms with Gasteiger partial charge in [-0.1, -0.05) is 84.9 Å². The van der Waals surface area contributed by atoms with Crippen LogP contribution < -0.4 is 4.74 Å². The molecule has 1 nitrogen and oxygen atoms in total. The van der Waals surface area contributed by atoms with Gasteiger partial charge >= 0.3 is 0 Å². The summed E-state index contributed by atoms with van der Waals surface area (Å²) in [6.07, 6.45) is 2.28. The minimum Gasteiger partial charge on any atom is -0.497 e. The van der Waals surface area contributed by atoms with Gasteiger partial charge in [-0.25, -0.2) is 0 Å². The summed E-state index contributed by atoms with van der Waals surface area (Å²) in [5, 5.41) is 5.00. The molecular weight excluding hydrogens is 364 g/mol. The van der Waals surface area contributed by atoms with Crippen LogP contribution in [0.3, 0.4) is 0 Å². The zero-order valence-electron chi connectivity index (χ0n) is 16.9. The normalized spacial score (nSPS) is 11.7. The molecule has 0 spiro atoms. The third kappa shape index (κ3) is 3.58. The lowest BCUT2D eigenvalue weighted by Gasteiger charge is -2.12. The van der Waals surface area contributed by atoms with E-state index in [2.05, 4.69) is 103 Å². The molecule has 144 valence electrons. The van der Waals surface area contributed by atoms with E-state index in [0.717, 1.165) is 5.75 Å². The molecule has 5 aromatic rings. The lowest BCUT2D eigenvalue weighted by Crippen LogP contribution is -1.90. The maximum absolute atomic E-state index is 5.36. The molecule has 1 heteroatoms. The third-order valence-electron chi connectivity index (χ3n) is 5.55. The van der Waals surface area contributed by atoms with Gasteiger partial charge in [0.1, 0.15) is 5.75 Å². The molecule has 0 saturated heterocycles. The lowest BCUT2D eigenvalue weighted by molar-refractivity contribution is 0.415. The fraction of sp³-hybridized carbons (Fsp3) is 0.0345. The third-order valence-corrected chi connectivity index (χ3v) is 5.55. The summed E-state index contributed by atoms with van der Waals surface area (Å²) in [6, 6.07) is 38.6. The Labute approximate surface area is 176 Å². The predicted molar refractivity (Wildman–Crippen MR) is 128 cm³/mol. The van der Waals surface area contributed by atoms with Gasteiger partial charge < -0.3 is 4.74 Å². The summed E-state index contributed by atoms with van der Waals surface area (Å²) in [6.45, 7) is 0. The first-order valence-electron chi connectivity index (χ1n) is 10.1. The second-order valence-electron chi connectivity index (χ2n) is 7.46. The summed E-state index contributed by atoms with van der Waals surface area (Å²) in [5.41, 5.74) is 4.75. The van der Waals surface area contributed by atoms with E-state index in [-0.39, 0.29) is 0 Å². The smallest absolute Gasteiger partial charge is 0.118 e. The summed E-state index contributed by atoms with van der Waals surface area (Å²) in [7, 11) is 1.70. The Kier molecular flexibility index (Phi) is 4.78. The number of hydrogen-bond acceptors (Lipinski definition) is 1. The molecular formula is C29H22O. The van der Waals surface area contributed by atoms with Gasteiger partial charge in [0.25, 0.3) is 0 Å². The van der Waals surface area contributed by atoms with Gasteiger partial charge in [-0.2, -0.15) is 0 Å². The predicted octanol–water partition coefficient (Wildman–Crippen LogP) is 7.59. The molecule has 0 amide bonds. The highest BCUT2D eigenvalue weighted by Crippen LogP contribution is 2.30. The van der Waals surface area contributed by atoms with E-state index in [1.807, 2.05) is 12.1 Å². The van der Waals surface area contributed by atoms with Crippen LogP contribution in [0.1, 0.15) is 16.7 Å². The van der Waals surface area contributed by atoms with E-state index in [4.69, 9.17) is 4.74 Å². The SMILES string of the molecule is COc1ccc(/C(=C/c2ccc3ccccc3c2)c2ccc3ccccc3c2)cc1. The lowest BCUT2D eigenvalue weighted by atomic mass is 9.93. The average Bonchev–Trinajstić information content (AvgIpc) is 2.82. The zero-order valence-corrected chi connectivity index (χ0v) is 16.9. The van der Waals surface area contributed by atoms with Crippen molar-refractivity contribution < 1.29 is 4.74 Å². The van der Waals surface area contributed by atoms with Crippen molar-refractivity contribution in [1.29, 1.82) is 0 Å². The molecule has 0 atom stereocenters. The second-order valence-corrected chi connectivity index (χ2v) is 7.46. The van der Waals surface area contributed by atoms with Gasteiger partial charge in [0.15, 0.2) is 0 Å². The quantitative estimate of drug-likeness (QED) is 0.289. The highest BCUT2D eigenvalue weighted by molar-refractivity contribution is 5.96. The van der Waals surface area contributed by atoms with Crippen LogP contribution >= 0.6 is 0 Å². The van der Waals surface area contributed by atoms with Crippen LogP contribution in [0, 0.1) is 0 Å². The molecule has 0 N–H and O–H groups in total. The van der Waals surface area contributed by atoms with Crippen LogP contribution in [0.15, 0.2) is 109 Å². The van der Waals surface area contributed by atoms with Crippen molar-refractivity contribution in [2.45, 2.75) is 0 Å². The highest BCUT2D eigenvalue weighted by Gasteiger charge is 2.08. The number of hydrogen-bond donors (Lipinski definition) is 0. The van der Waals surface area contributed by atoms with Crippen molar-refractivity contribution in [2.75, 3.05) is 7.11 Å². The molecule has 0 heterocycles. The molecule has 0 fully saturated rings. The first-order chi connectivity index (χ1) is 14.8. The first-order valence-corrected chi connectivity index (χ1v) is 10.1. The molecule has 5 rings (SSSR count). The van der Waals surface area contributed by atoms with Crippen molar-refractivity contribution in [3.8, 4) is 5.75 Å². The molecule has 30 heavy (non-hydrogen) atoms. The Morgan fingerprint density at radius 3 is 1.80 bits per heavy atom. The fourth-order valence-corrected chi connectivity index (χ4v) is 3.93. The van der Waals surface area contributed by atoms with E-state index in [1.165, 1.54) is 43.8 Å². The first kappa shape index (κ1) is 18.2. The van der Waals surface area contributed by atoms with Gasteiger partial charge in [0.05, 0.1) is 7.11 Å². The van der Waals surface area contributed by atoms with Crippen molar-refractivity contribution >= 4 is 33.2 Å². The monoisotopic (exact) mass is 386 g/mol.